The van der Waals surface area contributed by atoms with Crippen molar-refractivity contribution in [3.8, 4) is 5.75 Å². The summed E-state index contributed by atoms with van der Waals surface area (Å²) in [6, 6.07) is 4.00. The molecule has 2 heterocycles. The Kier molecular flexibility index (Phi) is 4.02. The van der Waals surface area contributed by atoms with Crippen LogP contribution >= 0.6 is 0 Å². The molecule has 22 heavy (non-hydrogen) atoms. The molecule has 1 aliphatic rings. The van der Waals surface area contributed by atoms with E-state index in [0.717, 1.165) is 24.4 Å². The van der Waals surface area contributed by atoms with E-state index in [4.69, 9.17) is 4.74 Å². The molecule has 0 bridgehead atoms. The number of anilines is 1. The van der Waals surface area contributed by atoms with Gasteiger partial charge in [0, 0.05) is 12.2 Å². The average Bonchev–Trinajstić information content (AvgIpc) is 3.12. The van der Waals surface area contributed by atoms with Gasteiger partial charge in [-0.3, -0.25) is 4.68 Å². The minimum absolute atomic E-state index is 0.0793. The van der Waals surface area contributed by atoms with Crippen molar-refractivity contribution in [1.29, 1.82) is 0 Å². The zero-order valence-corrected chi connectivity index (χ0v) is 12.7. The zero-order valence-electron chi connectivity index (χ0n) is 12.7. The van der Waals surface area contributed by atoms with Crippen molar-refractivity contribution < 1.29 is 14.2 Å². The Morgan fingerprint density at radius 1 is 1.50 bits per heavy atom. The molecule has 1 saturated heterocycles. The van der Waals surface area contributed by atoms with Crippen LogP contribution in [0, 0.1) is 12.7 Å². The molecule has 0 amide bonds. The Morgan fingerprint density at radius 2 is 2.32 bits per heavy atom. The van der Waals surface area contributed by atoms with E-state index >= 15 is 0 Å². The number of nitrogens with one attached hydrogen (secondary N) is 1. The van der Waals surface area contributed by atoms with E-state index in [1.54, 1.807) is 6.20 Å². The van der Waals surface area contributed by atoms with Crippen LogP contribution in [0.4, 0.5) is 10.1 Å². The fourth-order valence-electron chi connectivity index (χ4n) is 2.83. The van der Waals surface area contributed by atoms with Gasteiger partial charge in [-0.2, -0.15) is 5.10 Å². The number of benzene rings is 1. The second kappa shape index (κ2) is 5.96. The summed E-state index contributed by atoms with van der Waals surface area (Å²) in [7, 11) is 0. The van der Waals surface area contributed by atoms with E-state index in [1.807, 2.05) is 18.5 Å². The Hall–Kier alpha value is -2.08. The maximum absolute atomic E-state index is 13.4. The van der Waals surface area contributed by atoms with Gasteiger partial charge in [0.25, 0.3) is 0 Å². The van der Waals surface area contributed by atoms with Crippen molar-refractivity contribution in [3.63, 3.8) is 0 Å². The van der Waals surface area contributed by atoms with Gasteiger partial charge in [0.2, 0.25) is 0 Å². The third-order valence-electron chi connectivity index (χ3n) is 4.12. The first-order valence-corrected chi connectivity index (χ1v) is 7.43. The number of ether oxygens (including phenoxy) is 1. The number of aromatic nitrogens is 2. The van der Waals surface area contributed by atoms with Crippen LogP contribution in [0.3, 0.4) is 0 Å². The van der Waals surface area contributed by atoms with E-state index in [-0.39, 0.29) is 23.7 Å². The number of halogens is 1. The molecule has 2 N–H and O–H groups in total. The summed E-state index contributed by atoms with van der Waals surface area (Å²) in [6.07, 6.45) is 2.72. The molecule has 1 aliphatic heterocycles. The summed E-state index contributed by atoms with van der Waals surface area (Å²) in [5.74, 6) is -0.285. The third-order valence-corrected chi connectivity index (χ3v) is 4.12. The van der Waals surface area contributed by atoms with Gasteiger partial charge in [-0.25, -0.2) is 4.39 Å². The third kappa shape index (κ3) is 2.78. The van der Waals surface area contributed by atoms with Gasteiger partial charge in [-0.05, 0) is 38.5 Å². The van der Waals surface area contributed by atoms with Gasteiger partial charge in [0.05, 0.1) is 36.3 Å². The van der Waals surface area contributed by atoms with Crippen LogP contribution < -0.4 is 5.32 Å². The molecule has 3 rings (SSSR count). The highest BCUT2D eigenvalue weighted by atomic mass is 19.1. The standard InChI is InChI=1S/C16H20FN3O2/c1-10(14-7-12(17)3-4-16(14)21)19-15-8-18-20(11(15)2)13-5-6-22-9-13/h3-4,7-8,10,13,19,21H,5-6,9H2,1-2H3. The molecule has 0 aliphatic carbocycles. The summed E-state index contributed by atoms with van der Waals surface area (Å²) in [5, 5.41) is 17.6. The Labute approximate surface area is 128 Å². The number of phenols is 1. The predicted octanol–water partition coefficient (Wildman–Crippen LogP) is 3.17. The van der Waals surface area contributed by atoms with Gasteiger partial charge in [-0.1, -0.05) is 0 Å². The lowest BCUT2D eigenvalue weighted by Gasteiger charge is -2.17. The van der Waals surface area contributed by atoms with Crippen LogP contribution in [-0.4, -0.2) is 28.1 Å². The minimum atomic E-state index is -0.364. The summed E-state index contributed by atoms with van der Waals surface area (Å²) < 4.78 is 20.7. The molecule has 5 nitrogen and oxygen atoms in total. The number of phenolic OH excluding ortho intramolecular Hbond substituents is 1. The average molecular weight is 305 g/mol. The molecule has 2 atom stereocenters. The summed E-state index contributed by atoms with van der Waals surface area (Å²) in [6.45, 7) is 5.32. The Bertz CT molecular complexity index is 665. The molecule has 1 fully saturated rings. The van der Waals surface area contributed by atoms with Gasteiger partial charge in [0.1, 0.15) is 11.6 Å². The van der Waals surface area contributed by atoms with Gasteiger partial charge >= 0.3 is 0 Å². The largest absolute Gasteiger partial charge is 0.508 e. The van der Waals surface area contributed by atoms with Crippen LogP contribution in [-0.2, 0) is 4.74 Å². The van der Waals surface area contributed by atoms with Crippen LogP contribution in [0.25, 0.3) is 0 Å². The summed E-state index contributed by atoms with van der Waals surface area (Å²) in [4.78, 5) is 0. The quantitative estimate of drug-likeness (QED) is 0.911. The number of hydrogen-bond acceptors (Lipinski definition) is 4. The highest BCUT2D eigenvalue weighted by molar-refractivity contribution is 5.49. The summed E-state index contributed by atoms with van der Waals surface area (Å²) in [5.41, 5.74) is 2.41. The van der Waals surface area contributed by atoms with Crippen molar-refractivity contribution >= 4 is 5.69 Å². The SMILES string of the molecule is Cc1c(NC(C)c2cc(F)ccc2O)cnn1C1CCOC1. The predicted molar refractivity (Wildman–Crippen MR) is 81.5 cm³/mol. The number of aromatic hydroxyl groups is 1. The molecular formula is C16H20FN3O2. The molecule has 0 radical (unpaired) electrons. The second-order valence-corrected chi connectivity index (χ2v) is 5.67. The van der Waals surface area contributed by atoms with Crippen LogP contribution in [0.1, 0.15) is 36.7 Å². The highest BCUT2D eigenvalue weighted by Crippen LogP contribution is 2.30. The van der Waals surface area contributed by atoms with Crippen molar-refractivity contribution in [2.45, 2.75) is 32.4 Å². The first-order chi connectivity index (χ1) is 10.6. The first-order valence-electron chi connectivity index (χ1n) is 7.43. The second-order valence-electron chi connectivity index (χ2n) is 5.67. The fourth-order valence-corrected chi connectivity index (χ4v) is 2.83. The monoisotopic (exact) mass is 305 g/mol. The molecule has 1 aromatic heterocycles. The maximum atomic E-state index is 13.4. The van der Waals surface area contributed by atoms with Gasteiger partial charge in [-0.15, -0.1) is 0 Å². The summed E-state index contributed by atoms with van der Waals surface area (Å²) >= 11 is 0. The minimum Gasteiger partial charge on any atom is -0.508 e. The molecule has 2 aromatic rings. The molecule has 118 valence electrons. The highest BCUT2D eigenvalue weighted by Gasteiger charge is 2.22. The Morgan fingerprint density at radius 3 is 3.05 bits per heavy atom. The lowest BCUT2D eigenvalue weighted by molar-refractivity contribution is 0.184. The van der Waals surface area contributed by atoms with Crippen LogP contribution in [0.15, 0.2) is 24.4 Å². The van der Waals surface area contributed by atoms with E-state index < -0.39 is 0 Å². The van der Waals surface area contributed by atoms with E-state index in [0.29, 0.717) is 12.2 Å². The van der Waals surface area contributed by atoms with Gasteiger partial charge in [0.15, 0.2) is 0 Å². The first kappa shape index (κ1) is 14.8. The smallest absolute Gasteiger partial charge is 0.123 e. The fraction of sp³-hybridized carbons (Fsp3) is 0.438. The zero-order chi connectivity index (χ0) is 15.7. The van der Waals surface area contributed by atoms with Crippen LogP contribution in [0.2, 0.25) is 0 Å². The molecule has 6 heteroatoms. The molecule has 1 aromatic carbocycles. The number of rotatable bonds is 4. The lowest BCUT2D eigenvalue weighted by atomic mass is 10.1. The van der Waals surface area contributed by atoms with Crippen molar-refractivity contribution in [2.24, 2.45) is 0 Å². The molecule has 0 saturated carbocycles. The normalized spacial score (nSPS) is 19.3. The molecule has 0 spiro atoms. The van der Waals surface area contributed by atoms with Crippen molar-refractivity contribution in [2.75, 3.05) is 18.5 Å². The van der Waals surface area contributed by atoms with Crippen LogP contribution in [0.5, 0.6) is 5.75 Å². The number of hydrogen-bond donors (Lipinski definition) is 2. The van der Waals surface area contributed by atoms with Crippen molar-refractivity contribution in [3.05, 3.63) is 41.5 Å². The van der Waals surface area contributed by atoms with E-state index in [2.05, 4.69) is 10.4 Å². The topological polar surface area (TPSA) is 59.3 Å². The molecular weight excluding hydrogens is 285 g/mol. The Balaban J connectivity index is 1.79. The lowest BCUT2D eigenvalue weighted by Crippen LogP contribution is -2.13. The van der Waals surface area contributed by atoms with E-state index in [9.17, 15) is 9.50 Å². The number of nitrogens with zero attached hydrogens (tertiary/aromatic N) is 2. The van der Waals surface area contributed by atoms with Gasteiger partial charge < -0.3 is 15.2 Å². The van der Waals surface area contributed by atoms with Crippen molar-refractivity contribution in [1.82, 2.24) is 9.78 Å². The molecule has 2 unspecified atom stereocenters. The van der Waals surface area contributed by atoms with E-state index in [1.165, 1.54) is 18.2 Å². The maximum Gasteiger partial charge on any atom is 0.123 e.